The minimum atomic E-state index is 0.226. The Labute approximate surface area is 161 Å². The maximum Gasteiger partial charge on any atom is 0.265 e. The van der Waals surface area contributed by atoms with Crippen LogP contribution in [0, 0.1) is 6.92 Å². The average Bonchev–Trinajstić information content (AvgIpc) is 3.26. The molecule has 0 atom stereocenters. The number of hydrazone groups is 1. The number of nitrogens with one attached hydrogen (secondary N) is 2. The van der Waals surface area contributed by atoms with E-state index in [0.29, 0.717) is 23.1 Å². The van der Waals surface area contributed by atoms with Gasteiger partial charge in [-0.1, -0.05) is 18.2 Å². The van der Waals surface area contributed by atoms with Gasteiger partial charge in [-0.2, -0.15) is 10.1 Å². The molecule has 2 N–H and O–H groups in total. The van der Waals surface area contributed by atoms with Gasteiger partial charge in [0.1, 0.15) is 5.52 Å². The Hall–Kier alpha value is -3.20. The third kappa shape index (κ3) is 2.76. The lowest BCUT2D eigenvalue weighted by atomic mass is 10.1. The van der Waals surface area contributed by atoms with Crippen molar-refractivity contribution < 1.29 is 9.47 Å². The molecule has 134 valence electrons. The summed E-state index contributed by atoms with van der Waals surface area (Å²) in [5.41, 5.74) is 7.19. The molecule has 4 aromatic rings. The number of aryl methyl sites for hydroxylation is 1. The highest BCUT2D eigenvalue weighted by Gasteiger charge is 2.15. The molecule has 2 aromatic carbocycles. The van der Waals surface area contributed by atoms with Gasteiger partial charge < -0.3 is 14.5 Å². The number of H-pyrrole nitrogens is 1. The fourth-order valence-electron chi connectivity index (χ4n) is 2.98. The lowest BCUT2D eigenvalue weighted by Gasteiger charge is -2.01. The van der Waals surface area contributed by atoms with Crippen molar-refractivity contribution in [2.24, 2.45) is 5.10 Å². The van der Waals surface area contributed by atoms with E-state index in [2.05, 4.69) is 46.6 Å². The van der Waals surface area contributed by atoms with Crippen molar-refractivity contribution in [1.82, 2.24) is 20.2 Å². The molecule has 0 aliphatic carbocycles. The van der Waals surface area contributed by atoms with Gasteiger partial charge in [0, 0.05) is 15.4 Å². The van der Waals surface area contributed by atoms with Gasteiger partial charge >= 0.3 is 0 Å². The Bertz CT molecular complexity index is 1220. The molecule has 0 unspecified atom stereocenters. The lowest BCUT2D eigenvalue weighted by Crippen LogP contribution is -1.99. The van der Waals surface area contributed by atoms with Crippen molar-refractivity contribution in [2.75, 3.05) is 12.2 Å². The van der Waals surface area contributed by atoms with E-state index in [1.807, 2.05) is 37.3 Å². The first-order chi connectivity index (χ1) is 13.2. The lowest BCUT2D eigenvalue weighted by molar-refractivity contribution is 0.174. The van der Waals surface area contributed by atoms with Crippen LogP contribution in [0.4, 0.5) is 5.95 Å². The van der Waals surface area contributed by atoms with Crippen LogP contribution in [0.5, 0.6) is 11.5 Å². The predicted octanol–water partition coefficient (Wildman–Crippen LogP) is 3.75. The van der Waals surface area contributed by atoms with Crippen LogP contribution in [0.25, 0.3) is 22.1 Å². The second-order valence-corrected chi connectivity index (χ2v) is 6.91. The van der Waals surface area contributed by atoms with Crippen LogP contribution in [0.2, 0.25) is 0 Å². The second kappa shape index (κ2) is 6.20. The number of halogens is 1. The van der Waals surface area contributed by atoms with Crippen LogP contribution in [-0.2, 0) is 0 Å². The molecule has 0 fully saturated rings. The van der Waals surface area contributed by atoms with Crippen LogP contribution in [0.15, 0.2) is 39.9 Å². The highest BCUT2D eigenvalue weighted by atomic mass is 79.9. The third-order valence-electron chi connectivity index (χ3n) is 4.32. The third-order valence-corrected chi connectivity index (χ3v) is 5.00. The SMILES string of the molecule is Cc1cccc2c1[nH]c1nc(N/N=C/c3cc4c(cc3Br)OCO4)nnc12. The molecule has 5 rings (SSSR count). The number of anilines is 1. The van der Waals surface area contributed by atoms with Gasteiger partial charge in [0.25, 0.3) is 5.95 Å². The van der Waals surface area contributed by atoms with Crippen LogP contribution in [0.1, 0.15) is 11.1 Å². The number of hydrogen-bond acceptors (Lipinski definition) is 7. The Morgan fingerprint density at radius 3 is 2.96 bits per heavy atom. The second-order valence-electron chi connectivity index (χ2n) is 6.05. The van der Waals surface area contributed by atoms with Gasteiger partial charge in [-0.05, 0) is 40.5 Å². The van der Waals surface area contributed by atoms with Crippen molar-refractivity contribution in [1.29, 1.82) is 0 Å². The van der Waals surface area contributed by atoms with Gasteiger partial charge in [0.05, 0.1) is 11.7 Å². The van der Waals surface area contributed by atoms with Crippen LogP contribution in [-0.4, -0.2) is 33.2 Å². The average molecular weight is 425 g/mol. The monoisotopic (exact) mass is 424 g/mol. The molecule has 0 spiro atoms. The Morgan fingerprint density at radius 1 is 1.22 bits per heavy atom. The van der Waals surface area contributed by atoms with E-state index in [1.165, 1.54) is 0 Å². The number of rotatable bonds is 3. The Morgan fingerprint density at radius 2 is 2.07 bits per heavy atom. The number of aromatic nitrogens is 4. The molecule has 2 aromatic heterocycles. The molecule has 27 heavy (non-hydrogen) atoms. The number of nitrogens with zero attached hydrogens (tertiary/aromatic N) is 4. The maximum atomic E-state index is 5.38. The number of ether oxygens (including phenoxy) is 2. The Kier molecular flexibility index (Phi) is 3.68. The normalized spacial score (nSPS) is 13.1. The van der Waals surface area contributed by atoms with Gasteiger partial charge in [-0.25, -0.2) is 5.43 Å². The Balaban J connectivity index is 1.42. The molecule has 0 radical (unpaired) electrons. The molecule has 1 aliphatic rings. The summed E-state index contributed by atoms with van der Waals surface area (Å²) in [6, 6.07) is 9.73. The van der Waals surface area contributed by atoms with E-state index in [-0.39, 0.29) is 6.79 Å². The molecule has 0 saturated heterocycles. The zero-order valence-corrected chi connectivity index (χ0v) is 15.7. The summed E-state index contributed by atoms with van der Waals surface area (Å²) in [5.74, 6) is 1.70. The highest BCUT2D eigenvalue weighted by molar-refractivity contribution is 9.10. The molecule has 8 nitrogen and oxygen atoms in total. The zero-order valence-electron chi connectivity index (χ0n) is 14.2. The number of para-hydroxylation sites is 1. The molecule has 3 heterocycles. The summed E-state index contributed by atoms with van der Waals surface area (Å²) in [5, 5.41) is 13.6. The van der Waals surface area contributed by atoms with Crippen LogP contribution >= 0.6 is 15.9 Å². The molecule has 1 aliphatic heterocycles. The van der Waals surface area contributed by atoms with Crippen molar-refractivity contribution in [3.63, 3.8) is 0 Å². The van der Waals surface area contributed by atoms with E-state index in [4.69, 9.17) is 9.47 Å². The fourth-order valence-corrected chi connectivity index (χ4v) is 3.41. The standard InChI is InChI=1S/C18H13BrN6O2/c1-9-3-2-4-11-15(9)21-17-16(11)23-25-18(22-17)24-20-7-10-5-13-14(6-12(10)19)27-8-26-13/h2-7H,8H2,1H3,(H2,21,22,24,25)/b20-7+. The fraction of sp³-hybridized carbons (Fsp3) is 0.111. The van der Waals surface area contributed by atoms with Gasteiger partial charge in [0.2, 0.25) is 6.79 Å². The van der Waals surface area contributed by atoms with E-state index >= 15 is 0 Å². The van der Waals surface area contributed by atoms with Crippen molar-refractivity contribution in [3.05, 3.63) is 45.9 Å². The summed E-state index contributed by atoms with van der Waals surface area (Å²) in [7, 11) is 0. The zero-order chi connectivity index (χ0) is 18.4. The predicted molar refractivity (Wildman–Crippen MR) is 105 cm³/mol. The minimum Gasteiger partial charge on any atom is -0.454 e. The summed E-state index contributed by atoms with van der Waals surface area (Å²) >= 11 is 3.49. The van der Waals surface area contributed by atoms with Gasteiger partial charge in [0.15, 0.2) is 17.1 Å². The number of fused-ring (bicyclic) bond motifs is 4. The topological polar surface area (TPSA) is 97.3 Å². The van der Waals surface area contributed by atoms with Crippen molar-refractivity contribution >= 4 is 50.2 Å². The summed E-state index contributed by atoms with van der Waals surface area (Å²) in [4.78, 5) is 7.74. The van der Waals surface area contributed by atoms with Crippen molar-refractivity contribution in [3.8, 4) is 11.5 Å². The highest BCUT2D eigenvalue weighted by Crippen LogP contribution is 2.36. The minimum absolute atomic E-state index is 0.226. The largest absolute Gasteiger partial charge is 0.454 e. The molecular weight excluding hydrogens is 412 g/mol. The molecule has 9 heteroatoms. The van der Waals surface area contributed by atoms with Gasteiger partial charge in [-0.15, -0.1) is 10.2 Å². The summed E-state index contributed by atoms with van der Waals surface area (Å²) in [6.45, 7) is 2.27. The summed E-state index contributed by atoms with van der Waals surface area (Å²) in [6.07, 6.45) is 1.65. The van der Waals surface area contributed by atoms with E-state index < -0.39 is 0 Å². The molecule has 0 bridgehead atoms. The molecule has 0 saturated carbocycles. The van der Waals surface area contributed by atoms with Gasteiger partial charge in [-0.3, -0.25) is 0 Å². The number of benzene rings is 2. The first kappa shape index (κ1) is 16.0. The molecular formula is C18H13BrN6O2. The summed E-state index contributed by atoms with van der Waals surface area (Å²) < 4.78 is 11.6. The van der Waals surface area contributed by atoms with E-state index in [1.54, 1.807) is 6.21 Å². The quantitative estimate of drug-likeness (QED) is 0.383. The maximum absolute atomic E-state index is 5.38. The van der Waals surface area contributed by atoms with Crippen LogP contribution in [0.3, 0.4) is 0 Å². The number of hydrogen-bond donors (Lipinski definition) is 2. The number of aromatic amines is 1. The van der Waals surface area contributed by atoms with E-state index in [0.717, 1.165) is 32.0 Å². The smallest absolute Gasteiger partial charge is 0.265 e. The first-order valence-corrected chi connectivity index (χ1v) is 8.98. The van der Waals surface area contributed by atoms with E-state index in [9.17, 15) is 0 Å². The van der Waals surface area contributed by atoms with Crippen LogP contribution < -0.4 is 14.9 Å². The first-order valence-electron chi connectivity index (χ1n) is 8.19. The van der Waals surface area contributed by atoms with Crippen molar-refractivity contribution in [2.45, 2.75) is 6.92 Å². The molecule has 0 amide bonds.